The number of nitrogens with one attached hydrogen (secondary N) is 2. The number of nitrogens with zero attached hydrogens (tertiary/aromatic N) is 1. The molecule has 0 aliphatic heterocycles. The molecule has 3 nitrogen and oxygen atoms in total. The molecule has 0 aromatic carbocycles. The Labute approximate surface area is 78.9 Å². The third-order valence-corrected chi connectivity index (χ3v) is 2.72. The number of hydrogen-bond acceptors (Lipinski definition) is 2. The van der Waals surface area contributed by atoms with Crippen molar-refractivity contribution in [3.05, 3.63) is 12.4 Å². The summed E-state index contributed by atoms with van der Waals surface area (Å²) in [5.41, 5.74) is 1.13. The van der Waals surface area contributed by atoms with E-state index in [1.54, 1.807) is 0 Å². The number of hydrogen-bond donors (Lipinski definition) is 2. The molecule has 13 heavy (non-hydrogen) atoms. The third-order valence-electron chi connectivity index (χ3n) is 2.72. The minimum absolute atomic E-state index is 0.667. The zero-order valence-electron chi connectivity index (χ0n) is 7.92. The van der Waals surface area contributed by atoms with Crippen molar-refractivity contribution in [2.24, 2.45) is 0 Å². The highest BCUT2D eigenvalue weighted by Crippen LogP contribution is 2.20. The summed E-state index contributed by atoms with van der Waals surface area (Å²) in [6.07, 6.45) is 11.9. The summed E-state index contributed by atoms with van der Waals surface area (Å²) in [7, 11) is 0. The molecule has 2 rings (SSSR count). The molecule has 0 atom stereocenters. The number of aromatic nitrogens is 2. The van der Waals surface area contributed by atoms with E-state index in [0.29, 0.717) is 6.04 Å². The van der Waals surface area contributed by atoms with Crippen molar-refractivity contribution < 1.29 is 0 Å². The van der Waals surface area contributed by atoms with Crippen LogP contribution in [0.25, 0.3) is 0 Å². The highest BCUT2D eigenvalue weighted by Gasteiger charge is 2.11. The van der Waals surface area contributed by atoms with Crippen LogP contribution in [-0.4, -0.2) is 16.2 Å². The van der Waals surface area contributed by atoms with E-state index in [2.05, 4.69) is 15.5 Å². The molecule has 0 radical (unpaired) electrons. The second-order valence-corrected chi connectivity index (χ2v) is 3.82. The fraction of sp³-hybridized carbons (Fsp3) is 0.700. The topological polar surface area (TPSA) is 40.7 Å². The predicted molar refractivity (Wildman–Crippen MR) is 53.7 cm³/mol. The molecule has 0 amide bonds. The molecule has 1 aromatic heterocycles. The van der Waals surface area contributed by atoms with Gasteiger partial charge in [-0.05, 0) is 12.8 Å². The summed E-state index contributed by atoms with van der Waals surface area (Å²) in [5, 5.41) is 10.3. The van der Waals surface area contributed by atoms with E-state index in [-0.39, 0.29) is 0 Å². The first kappa shape index (κ1) is 8.60. The molecule has 0 unspecified atom stereocenters. The number of H-pyrrole nitrogens is 1. The van der Waals surface area contributed by atoms with Crippen LogP contribution in [-0.2, 0) is 0 Å². The summed E-state index contributed by atoms with van der Waals surface area (Å²) in [6.45, 7) is 0. The molecule has 2 N–H and O–H groups in total. The van der Waals surface area contributed by atoms with Gasteiger partial charge in [-0.3, -0.25) is 5.10 Å². The lowest BCUT2D eigenvalue weighted by atomic mass is 10.1. The fourth-order valence-electron chi connectivity index (χ4n) is 1.99. The third kappa shape index (κ3) is 2.47. The quantitative estimate of drug-likeness (QED) is 0.685. The van der Waals surface area contributed by atoms with Gasteiger partial charge in [-0.25, -0.2) is 0 Å². The van der Waals surface area contributed by atoms with E-state index in [4.69, 9.17) is 0 Å². The van der Waals surface area contributed by atoms with Gasteiger partial charge in [0.15, 0.2) is 0 Å². The molecule has 1 aliphatic rings. The molecular weight excluding hydrogens is 162 g/mol. The normalized spacial score (nSPS) is 19.7. The van der Waals surface area contributed by atoms with Crippen molar-refractivity contribution in [2.45, 2.75) is 44.6 Å². The Hall–Kier alpha value is -0.990. The lowest BCUT2D eigenvalue weighted by Crippen LogP contribution is -2.17. The highest BCUT2D eigenvalue weighted by molar-refractivity contribution is 5.38. The molecule has 72 valence electrons. The van der Waals surface area contributed by atoms with Crippen LogP contribution < -0.4 is 5.32 Å². The second kappa shape index (κ2) is 4.30. The van der Waals surface area contributed by atoms with Crippen molar-refractivity contribution in [1.82, 2.24) is 10.2 Å². The Kier molecular flexibility index (Phi) is 2.85. The SMILES string of the molecule is c1n[nH]cc1NC1CCCCCC1. The van der Waals surface area contributed by atoms with Crippen LogP contribution in [0.2, 0.25) is 0 Å². The minimum atomic E-state index is 0.667. The Bertz CT molecular complexity index is 222. The van der Waals surface area contributed by atoms with Crippen molar-refractivity contribution in [2.75, 3.05) is 5.32 Å². The zero-order valence-corrected chi connectivity index (χ0v) is 7.92. The fourth-order valence-corrected chi connectivity index (χ4v) is 1.99. The van der Waals surface area contributed by atoms with Crippen LogP contribution in [0.5, 0.6) is 0 Å². The number of anilines is 1. The maximum absolute atomic E-state index is 3.92. The first-order valence-corrected chi connectivity index (χ1v) is 5.20. The van der Waals surface area contributed by atoms with Gasteiger partial charge < -0.3 is 5.32 Å². The van der Waals surface area contributed by atoms with Crippen LogP contribution in [0, 0.1) is 0 Å². The van der Waals surface area contributed by atoms with Crippen LogP contribution in [0.4, 0.5) is 5.69 Å². The number of aromatic amines is 1. The van der Waals surface area contributed by atoms with Crippen LogP contribution in [0.1, 0.15) is 38.5 Å². The molecule has 0 spiro atoms. The zero-order chi connectivity index (χ0) is 8.93. The molecular formula is C10H17N3. The van der Waals surface area contributed by atoms with Gasteiger partial charge in [-0.15, -0.1) is 0 Å². The molecule has 1 aromatic rings. The summed E-state index contributed by atoms with van der Waals surface area (Å²) >= 11 is 0. The van der Waals surface area contributed by atoms with Gasteiger partial charge in [0.2, 0.25) is 0 Å². The Morgan fingerprint density at radius 1 is 1.23 bits per heavy atom. The first-order chi connectivity index (χ1) is 6.45. The summed E-state index contributed by atoms with van der Waals surface area (Å²) in [5.74, 6) is 0. The average molecular weight is 179 g/mol. The average Bonchev–Trinajstić information content (AvgIpc) is 2.49. The van der Waals surface area contributed by atoms with Crippen LogP contribution >= 0.6 is 0 Å². The molecule has 3 heteroatoms. The van der Waals surface area contributed by atoms with Crippen molar-refractivity contribution in [3.63, 3.8) is 0 Å². The lowest BCUT2D eigenvalue weighted by Gasteiger charge is -2.15. The van der Waals surface area contributed by atoms with E-state index >= 15 is 0 Å². The smallest absolute Gasteiger partial charge is 0.0725 e. The van der Waals surface area contributed by atoms with Gasteiger partial charge in [-0.2, -0.15) is 5.10 Å². The maximum atomic E-state index is 3.92. The Balaban J connectivity index is 1.86. The first-order valence-electron chi connectivity index (χ1n) is 5.20. The van der Waals surface area contributed by atoms with Gasteiger partial charge in [0.05, 0.1) is 11.9 Å². The maximum Gasteiger partial charge on any atom is 0.0725 e. The summed E-state index contributed by atoms with van der Waals surface area (Å²) < 4.78 is 0. The largest absolute Gasteiger partial charge is 0.380 e. The van der Waals surface area contributed by atoms with Crippen LogP contribution in [0.15, 0.2) is 12.4 Å². The van der Waals surface area contributed by atoms with Crippen molar-refractivity contribution >= 4 is 5.69 Å². The van der Waals surface area contributed by atoms with E-state index in [1.165, 1.54) is 38.5 Å². The molecule has 0 saturated heterocycles. The van der Waals surface area contributed by atoms with Gasteiger partial charge in [0, 0.05) is 12.2 Å². The standard InChI is InChI=1S/C10H17N3/c1-2-4-6-9(5-3-1)13-10-7-11-12-8-10/h7-9,13H,1-6H2,(H,11,12). The molecule has 1 aliphatic carbocycles. The minimum Gasteiger partial charge on any atom is -0.380 e. The molecule has 1 fully saturated rings. The monoisotopic (exact) mass is 179 g/mol. The van der Waals surface area contributed by atoms with Crippen LogP contribution in [0.3, 0.4) is 0 Å². The van der Waals surface area contributed by atoms with E-state index in [0.717, 1.165) is 5.69 Å². The highest BCUT2D eigenvalue weighted by atomic mass is 15.1. The molecule has 0 bridgehead atoms. The van der Waals surface area contributed by atoms with Gasteiger partial charge in [0.25, 0.3) is 0 Å². The van der Waals surface area contributed by atoms with Gasteiger partial charge >= 0.3 is 0 Å². The Morgan fingerprint density at radius 2 is 2.00 bits per heavy atom. The van der Waals surface area contributed by atoms with E-state index < -0.39 is 0 Å². The summed E-state index contributed by atoms with van der Waals surface area (Å²) in [4.78, 5) is 0. The van der Waals surface area contributed by atoms with E-state index in [9.17, 15) is 0 Å². The number of rotatable bonds is 2. The lowest BCUT2D eigenvalue weighted by molar-refractivity contribution is 0.620. The predicted octanol–water partition coefficient (Wildman–Crippen LogP) is 2.54. The van der Waals surface area contributed by atoms with Gasteiger partial charge in [0.1, 0.15) is 0 Å². The molecule has 1 saturated carbocycles. The second-order valence-electron chi connectivity index (χ2n) is 3.82. The van der Waals surface area contributed by atoms with Crippen molar-refractivity contribution in [1.29, 1.82) is 0 Å². The van der Waals surface area contributed by atoms with Gasteiger partial charge in [-0.1, -0.05) is 25.7 Å². The Morgan fingerprint density at radius 3 is 2.62 bits per heavy atom. The van der Waals surface area contributed by atoms with E-state index in [1.807, 2.05) is 12.4 Å². The summed E-state index contributed by atoms with van der Waals surface area (Å²) in [6, 6.07) is 0.667. The van der Waals surface area contributed by atoms with Crippen molar-refractivity contribution in [3.8, 4) is 0 Å². The molecule has 1 heterocycles.